The molecule has 0 atom stereocenters. The van der Waals surface area contributed by atoms with Gasteiger partial charge in [-0.25, -0.2) is 9.78 Å². The van der Waals surface area contributed by atoms with Gasteiger partial charge in [0, 0.05) is 22.1 Å². The molecule has 110 valence electrons. The summed E-state index contributed by atoms with van der Waals surface area (Å²) in [6, 6.07) is 2.96. The van der Waals surface area contributed by atoms with Gasteiger partial charge < -0.3 is 15.0 Å². The highest BCUT2D eigenvalue weighted by Gasteiger charge is 2.10. The molecule has 2 N–H and O–H groups in total. The summed E-state index contributed by atoms with van der Waals surface area (Å²) in [7, 11) is 0. The third-order valence-electron chi connectivity index (χ3n) is 2.47. The smallest absolute Gasteiger partial charge is 0.355 e. The van der Waals surface area contributed by atoms with Crippen LogP contribution in [0.5, 0.6) is 0 Å². The molecule has 0 aliphatic carbocycles. The molecule has 2 heterocycles. The number of carbonyl (C=O) groups is 2. The molecule has 0 bridgehead atoms. The molecule has 9 heteroatoms. The zero-order chi connectivity index (χ0) is 15.4. The third-order valence-corrected chi connectivity index (χ3v) is 3.79. The van der Waals surface area contributed by atoms with E-state index in [1.54, 1.807) is 6.07 Å². The zero-order valence-corrected chi connectivity index (χ0v) is 13.0. The number of halogens is 1. The van der Waals surface area contributed by atoms with Crippen LogP contribution in [0, 0.1) is 0 Å². The van der Waals surface area contributed by atoms with Crippen molar-refractivity contribution in [3.8, 4) is 0 Å². The fourth-order valence-corrected chi connectivity index (χ4v) is 2.59. The Bertz CT molecular complexity index is 740. The molecule has 0 radical (unpaired) electrons. The molecule has 0 unspecified atom stereocenters. The Morgan fingerprint density at radius 3 is 2.86 bits per heavy atom. The highest BCUT2D eigenvalue weighted by atomic mass is 79.9. The highest BCUT2D eigenvalue weighted by molar-refractivity contribution is 9.10. The number of hydrogen-bond acceptors (Lipinski definition) is 5. The number of rotatable bonds is 5. The van der Waals surface area contributed by atoms with Gasteiger partial charge >= 0.3 is 5.97 Å². The van der Waals surface area contributed by atoms with Crippen LogP contribution >= 0.6 is 27.3 Å². The minimum Gasteiger partial charge on any atom is -0.476 e. The molecule has 0 saturated heterocycles. The summed E-state index contributed by atoms with van der Waals surface area (Å²) in [5.74, 6) is -1.47. The average Bonchev–Trinajstić information content (AvgIpc) is 2.90. The van der Waals surface area contributed by atoms with Crippen molar-refractivity contribution in [1.82, 2.24) is 14.9 Å². The lowest BCUT2D eigenvalue weighted by molar-refractivity contribution is -0.121. The van der Waals surface area contributed by atoms with Gasteiger partial charge in [-0.15, -0.1) is 11.3 Å². The van der Waals surface area contributed by atoms with Crippen LogP contribution in [0.15, 0.2) is 33.0 Å². The summed E-state index contributed by atoms with van der Waals surface area (Å²) in [5.41, 5.74) is -0.330. The summed E-state index contributed by atoms with van der Waals surface area (Å²) in [6.45, 7) is 0.00890. The quantitative estimate of drug-likeness (QED) is 0.818. The predicted octanol–water partition coefficient (Wildman–Crippen LogP) is 1.08. The summed E-state index contributed by atoms with van der Waals surface area (Å²) in [6.07, 6.45) is 1.52. The van der Waals surface area contributed by atoms with Gasteiger partial charge in [-0.05, 0) is 22.0 Å². The van der Waals surface area contributed by atoms with E-state index in [1.807, 2.05) is 0 Å². The Kier molecular flexibility index (Phi) is 4.86. The van der Waals surface area contributed by atoms with Gasteiger partial charge in [0.2, 0.25) is 5.91 Å². The Hall–Kier alpha value is -2.00. The van der Waals surface area contributed by atoms with Crippen molar-refractivity contribution < 1.29 is 14.7 Å². The monoisotopic (exact) mass is 371 g/mol. The molecular formula is C12H10BrN3O4S. The standard InChI is InChI=1S/C12H10BrN3O4S/c13-7-1-2-11(18)16(4-7)5-9(17)14-3-10-15-8(6-21-10)12(19)20/h1-2,4,6H,3,5H2,(H,14,17)(H,19,20). The molecule has 0 aliphatic heterocycles. The van der Waals surface area contributed by atoms with E-state index in [2.05, 4.69) is 26.2 Å². The minimum absolute atomic E-state index is 0.0486. The van der Waals surface area contributed by atoms with Crippen molar-refractivity contribution in [3.05, 3.63) is 49.2 Å². The number of hydrogen-bond donors (Lipinski definition) is 2. The van der Waals surface area contributed by atoms with E-state index in [1.165, 1.54) is 22.2 Å². The lowest BCUT2D eigenvalue weighted by atomic mass is 10.4. The van der Waals surface area contributed by atoms with Crippen molar-refractivity contribution in [1.29, 1.82) is 0 Å². The summed E-state index contributed by atoms with van der Waals surface area (Å²) in [5, 5.41) is 13.2. The second-order valence-electron chi connectivity index (χ2n) is 4.02. The number of carbonyl (C=O) groups excluding carboxylic acids is 1. The van der Waals surface area contributed by atoms with Crippen molar-refractivity contribution in [2.45, 2.75) is 13.1 Å². The van der Waals surface area contributed by atoms with Crippen molar-refractivity contribution in [3.63, 3.8) is 0 Å². The molecular weight excluding hydrogens is 362 g/mol. The topological polar surface area (TPSA) is 101 Å². The number of carboxylic acids is 1. The van der Waals surface area contributed by atoms with Gasteiger partial charge in [0.1, 0.15) is 11.6 Å². The number of aromatic nitrogens is 2. The molecule has 0 aliphatic rings. The summed E-state index contributed by atoms with van der Waals surface area (Å²) in [4.78, 5) is 37.8. The first-order valence-electron chi connectivity index (χ1n) is 5.76. The second-order valence-corrected chi connectivity index (χ2v) is 5.88. The number of nitrogens with one attached hydrogen (secondary N) is 1. The average molecular weight is 372 g/mol. The number of pyridine rings is 1. The molecule has 2 rings (SSSR count). The van der Waals surface area contributed by atoms with E-state index in [4.69, 9.17) is 5.11 Å². The van der Waals surface area contributed by atoms with E-state index in [9.17, 15) is 14.4 Å². The molecule has 0 fully saturated rings. The van der Waals surface area contributed by atoms with E-state index in [-0.39, 0.29) is 30.2 Å². The van der Waals surface area contributed by atoms with Crippen molar-refractivity contribution >= 4 is 39.1 Å². The minimum atomic E-state index is -1.11. The molecule has 21 heavy (non-hydrogen) atoms. The lowest BCUT2D eigenvalue weighted by Crippen LogP contribution is -2.31. The fraction of sp³-hybridized carbons (Fsp3) is 0.167. The largest absolute Gasteiger partial charge is 0.476 e. The van der Waals surface area contributed by atoms with Crippen LogP contribution in [-0.4, -0.2) is 26.5 Å². The molecule has 0 aromatic carbocycles. The van der Waals surface area contributed by atoms with Gasteiger partial charge in [-0.1, -0.05) is 0 Å². The van der Waals surface area contributed by atoms with Crippen molar-refractivity contribution in [2.75, 3.05) is 0 Å². The zero-order valence-electron chi connectivity index (χ0n) is 10.6. The Morgan fingerprint density at radius 2 is 2.19 bits per heavy atom. The molecule has 7 nitrogen and oxygen atoms in total. The van der Waals surface area contributed by atoms with Gasteiger partial charge in [0.15, 0.2) is 5.69 Å². The van der Waals surface area contributed by atoms with E-state index in [0.717, 1.165) is 11.3 Å². The first-order valence-corrected chi connectivity index (χ1v) is 7.43. The Balaban J connectivity index is 1.94. The van der Waals surface area contributed by atoms with Crippen LogP contribution in [0.25, 0.3) is 0 Å². The highest BCUT2D eigenvalue weighted by Crippen LogP contribution is 2.09. The van der Waals surface area contributed by atoms with Gasteiger partial charge in [0.05, 0.1) is 6.54 Å². The Morgan fingerprint density at radius 1 is 1.43 bits per heavy atom. The first kappa shape index (κ1) is 15.4. The summed E-state index contributed by atoms with van der Waals surface area (Å²) < 4.78 is 1.96. The number of nitrogens with zero attached hydrogens (tertiary/aromatic N) is 2. The Labute approximate surface area is 131 Å². The maximum atomic E-state index is 11.8. The second kappa shape index (κ2) is 6.64. The first-order chi connectivity index (χ1) is 9.95. The van der Waals surface area contributed by atoms with Gasteiger partial charge in [-0.3, -0.25) is 9.59 Å². The number of carboxylic acid groups (broad SMARTS) is 1. The molecule has 0 saturated carbocycles. The summed E-state index contributed by atoms with van der Waals surface area (Å²) >= 11 is 4.37. The van der Waals surface area contributed by atoms with E-state index >= 15 is 0 Å². The molecule has 2 aromatic heterocycles. The molecule has 0 spiro atoms. The maximum Gasteiger partial charge on any atom is 0.355 e. The maximum absolute atomic E-state index is 11.8. The number of amides is 1. The van der Waals surface area contributed by atoms with E-state index in [0.29, 0.717) is 9.48 Å². The van der Waals surface area contributed by atoms with E-state index < -0.39 is 5.97 Å². The number of aromatic carboxylic acids is 1. The predicted molar refractivity (Wildman–Crippen MR) is 79.3 cm³/mol. The third kappa shape index (κ3) is 4.23. The van der Waals surface area contributed by atoms with Crippen molar-refractivity contribution in [2.24, 2.45) is 0 Å². The van der Waals surface area contributed by atoms with Gasteiger partial charge in [-0.2, -0.15) is 0 Å². The van der Waals surface area contributed by atoms with Crippen LogP contribution in [0.1, 0.15) is 15.5 Å². The van der Waals surface area contributed by atoms with Crippen LogP contribution in [0.4, 0.5) is 0 Å². The van der Waals surface area contributed by atoms with Gasteiger partial charge in [0.25, 0.3) is 5.56 Å². The molecule has 1 amide bonds. The normalized spacial score (nSPS) is 10.3. The van der Waals surface area contributed by atoms with Crippen LogP contribution < -0.4 is 10.9 Å². The van der Waals surface area contributed by atoms with Crippen LogP contribution in [-0.2, 0) is 17.9 Å². The van der Waals surface area contributed by atoms with Crippen LogP contribution in [0.2, 0.25) is 0 Å². The number of thiazole rings is 1. The lowest BCUT2D eigenvalue weighted by Gasteiger charge is -2.06. The van der Waals surface area contributed by atoms with Crippen LogP contribution in [0.3, 0.4) is 0 Å². The molecule has 2 aromatic rings. The fourth-order valence-electron chi connectivity index (χ4n) is 1.50. The SMILES string of the molecule is O=C(Cn1cc(Br)ccc1=O)NCc1nc(C(=O)O)cs1.